The number of hydrogen-bond donors (Lipinski definition) is 3. The quantitative estimate of drug-likeness (QED) is 0.269. The standard InChI is InChI=1S/C24H32Cl2N6O2/c1-32(2)11-10-27-16(13-33-3)14-34-21-22(25)30-24(26)31-23(21)28-15-8-9-20-18(12-15)17-6-4-5-7-19(17)29-20/h4-7,15-16,27,29H,8-14H2,1-3H3,(H,28,30,31)/t15-,16-/m1/s1. The molecule has 34 heavy (non-hydrogen) atoms. The molecule has 184 valence electrons. The van der Waals surface area contributed by atoms with E-state index in [0.29, 0.717) is 24.8 Å². The molecule has 0 amide bonds. The molecule has 0 spiro atoms. The number of aromatic nitrogens is 3. The molecule has 2 heterocycles. The van der Waals surface area contributed by atoms with Crippen LogP contribution in [0.2, 0.25) is 10.4 Å². The number of aryl methyl sites for hydroxylation is 1. The van der Waals surface area contributed by atoms with Gasteiger partial charge in [0.2, 0.25) is 5.28 Å². The lowest BCUT2D eigenvalue weighted by Crippen LogP contribution is -2.41. The van der Waals surface area contributed by atoms with Crippen LogP contribution in [0.15, 0.2) is 24.3 Å². The minimum absolute atomic E-state index is 0.00648. The molecule has 0 saturated heterocycles. The van der Waals surface area contributed by atoms with Crippen LogP contribution in [-0.4, -0.2) is 79.4 Å². The minimum Gasteiger partial charge on any atom is -0.485 e. The Kier molecular flexibility index (Phi) is 8.50. The van der Waals surface area contributed by atoms with Gasteiger partial charge in [-0.15, -0.1) is 0 Å². The van der Waals surface area contributed by atoms with Crippen LogP contribution < -0.4 is 15.4 Å². The van der Waals surface area contributed by atoms with E-state index in [1.54, 1.807) is 7.11 Å². The number of H-pyrrole nitrogens is 1. The van der Waals surface area contributed by atoms with Crippen molar-refractivity contribution in [3.8, 4) is 5.75 Å². The molecule has 0 fully saturated rings. The monoisotopic (exact) mass is 506 g/mol. The maximum Gasteiger partial charge on any atom is 0.226 e. The summed E-state index contributed by atoms with van der Waals surface area (Å²) < 4.78 is 11.5. The number of fused-ring (bicyclic) bond motifs is 3. The summed E-state index contributed by atoms with van der Waals surface area (Å²) in [5, 5.41) is 8.52. The molecule has 10 heteroatoms. The van der Waals surface area contributed by atoms with E-state index >= 15 is 0 Å². The normalized spacial score (nSPS) is 16.6. The number of ether oxygens (including phenoxy) is 2. The summed E-state index contributed by atoms with van der Waals surface area (Å²) in [4.78, 5) is 14.2. The Balaban J connectivity index is 1.47. The van der Waals surface area contributed by atoms with Gasteiger partial charge < -0.3 is 30.0 Å². The van der Waals surface area contributed by atoms with Crippen molar-refractivity contribution in [3.05, 3.63) is 46.0 Å². The number of rotatable bonds is 11. The van der Waals surface area contributed by atoms with E-state index in [-0.39, 0.29) is 22.5 Å². The predicted molar refractivity (Wildman–Crippen MR) is 138 cm³/mol. The van der Waals surface area contributed by atoms with Crippen molar-refractivity contribution in [2.75, 3.05) is 52.8 Å². The Labute approximate surface area is 210 Å². The lowest BCUT2D eigenvalue weighted by atomic mass is 9.91. The summed E-state index contributed by atoms with van der Waals surface area (Å²) >= 11 is 12.6. The van der Waals surface area contributed by atoms with Gasteiger partial charge in [0, 0.05) is 42.8 Å². The molecule has 2 aromatic heterocycles. The Morgan fingerprint density at radius 3 is 2.82 bits per heavy atom. The first kappa shape index (κ1) is 25.0. The maximum atomic E-state index is 6.44. The van der Waals surface area contributed by atoms with Crippen LogP contribution in [0.1, 0.15) is 17.7 Å². The molecule has 0 bridgehead atoms. The second-order valence-electron chi connectivity index (χ2n) is 8.89. The number of aromatic amines is 1. The fraction of sp³-hybridized carbons (Fsp3) is 0.500. The summed E-state index contributed by atoms with van der Waals surface area (Å²) in [5.74, 6) is 0.925. The zero-order valence-corrected chi connectivity index (χ0v) is 21.3. The molecule has 0 aliphatic heterocycles. The maximum absolute atomic E-state index is 6.44. The summed E-state index contributed by atoms with van der Waals surface area (Å²) in [6, 6.07) is 8.58. The van der Waals surface area contributed by atoms with Gasteiger partial charge in [0.25, 0.3) is 0 Å². The van der Waals surface area contributed by atoms with Crippen molar-refractivity contribution in [2.24, 2.45) is 0 Å². The molecule has 1 aromatic carbocycles. The van der Waals surface area contributed by atoms with Crippen LogP contribution in [0.5, 0.6) is 5.75 Å². The second kappa shape index (κ2) is 11.6. The van der Waals surface area contributed by atoms with Gasteiger partial charge in [-0.05, 0) is 56.6 Å². The Morgan fingerprint density at radius 2 is 2.03 bits per heavy atom. The first-order valence-electron chi connectivity index (χ1n) is 11.5. The lowest BCUT2D eigenvalue weighted by Gasteiger charge is -2.26. The van der Waals surface area contributed by atoms with Crippen molar-refractivity contribution < 1.29 is 9.47 Å². The van der Waals surface area contributed by atoms with Gasteiger partial charge >= 0.3 is 0 Å². The van der Waals surface area contributed by atoms with E-state index in [2.05, 4.69) is 54.8 Å². The molecule has 2 atom stereocenters. The minimum atomic E-state index is -0.00648. The highest BCUT2D eigenvalue weighted by atomic mass is 35.5. The van der Waals surface area contributed by atoms with Gasteiger partial charge in [0.15, 0.2) is 16.7 Å². The fourth-order valence-electron chi connectivity index (χ4n) is 4.35. The topological polar surface area (TPSA) is 87.3 Å². The van der Waals surface area contributed by atoms with Crippen LogP contribution in [0.4, 0.5) is 5.82 Å². The first-order chi connectivity index (χ1) is 16.4. The number of benzene rings is 1. The molecule has 0 unspecified atom stereocenters. The SMILES string of the molecule is COC[C@H](COc1c(Cl)nc(Cl)nc1N[C@@H]1CCc2[nH]c3ccccc3c2C1)NCCN(C)C. The Hall–Kier alpha value is -2.10. The van der Waals surface area contributed by atoms with Gasteiger partial charge in [-0.1, -0.05) is 29.8 Å². The highest BCUT2D eigenvalue weighted by molar-refractivity contribution is 6.33. The molecule has 1 aliphatic rings. The fourth-order valence-corrected chi connectivity index (χ4v) is 4.79. The largest absolute Gasteiger partial charge is 0.485 e. The second-order valence-corrected chi connectivity index (χ2v) is 9.59. The summed E-state index contributed by atoms with van der Waals surface area (Å²) in [7, 11) is 5.75. The van der Waals surface area contributed by atoms with Crippen molar-refractivity contribution >= 4 is 39.9 Å². The summed E-state index contributed by atoms with van der Waals surface area (Å²) in [6.45, 7) is 2.59. The smallest absolute Gasteiger partial charge is 0.226 e. The Bertz CT molecular complexity index is 1110. The van der Waals surface area contributed by atoms with Gasteiger partial charge in [-0.2, -0.15) is 4.98 Å². The van der Waals surface area contributed by atoms with Crippen LogP contribution in [0, 0.1) is 0 Å². The average Bonchev–Trinajstić information content (AvgIpc) is 3.16. The van der Waals surface area contributed by atoms with Crippen molar-refractivity contribution in [1.29, 1.82) is 0 Å². The number of methoxy groups -OCH3 is 1. The van der Waals surface area contributed by atoms with Crippen LogP contribution in [0.25, 0.3) is 10.9 Å². The van der Waals surface area contributed by atoms with Crippen molar-refractivity contribution in [1.82, 2.24) is 25.2 Å². The van der Waals surface area contributed by atoms with E-state index in [1.165, 1.54) is 22.2 Å². The van der Waals surface area contributed by atoms with Gasteiger partial charge in [-0.25, -0.2) is 4.98 Å². The number of para-hydroxylation sites is 1. The third-order valence-electron chi connectivity index (χ3n) is 6.02. The highest BCUT2D eigenvalue weighted by Crippen LogP contribution is 2.35. The predicted octanol–water partition coefficient (Wildman–Crippen LogP) is 3.78. The first-order valence-corrected chi connectivity index (χ1v) is 12.3. The third-order valence-corrected chi connectivity index (χ3v) is 6.45. The third kappa shape index (κ3) is 6.12. The van der Waals surface area contributed by atoms with Gasteiger partial charge in [0.1, 0.15) is 6.61 Å². The van der Waals surface area contributed by atoms with Crippen molar-refractivity contribution in [2.45, 2.75) is 31.3 Å². The molecule has 0 radical (unpaired) electrons. The van der Waals surface area contributed by atoms with E-state index in [9.17, 15) is 0 Å². The van der Waals surface area contributed by atoms with E-state index in [0.717, 1.165) is 32.4 Å². The lowest BCUT2D eigenvalue weighted by molar-refractivity contribution is 0.135. The molecular formula is C24H32Cl2N6O2. The number of nitrogens with one attached hydrogen (secondary N) is 3. The summed E-state index contributed by atoms with van der Waals surface area (Å²) in [6.07, 6.45) is 2.78. The highest BCUT2D eigenvalue weighted by Gasteiger charge is 2.25. The molecule has 4 rings (SSSR count). The molecule has 3 N–H and O–H groups in total. The van der Waals surface area contributed by atoms with Gasteiger partial charge in [0.05, 0.1) is 12.6 Å². The number of halogens is 2. The molecule has 0 saturated carbocycles. The van der Waals surface area contributed by atoms with Crippen LogP contribution >= 0.6 is 23.2 Å². The number of hydrogen-bond acceptors (Lipinski definition) is 7. The van der Waals surface area contributed by atoms with E-state index < -0.39 is 0 Å². The van der Waals surface area contributed by atoms with Crippen LogP contribution in [0.3, 0.4) is 0 Å². The van der Waals surface area contributed by atoms with Crippen molar-refractivity contribution in [3.63, 3.8) is 0 Å². The molecule has 3 aromatic rings. The van der Waals surface area contributed by atoms with E-state index in [4.69, 9.17) is 32.7 Å². The number of nitrogens with zero attached hydrogens (tertiary/aromatic N) is 3. The molecule has 8 nitrogen and oxygen atoms in total. The number of anilines is 1. The van der Waals surface area contributed by atoms with Gasteiger partial charge in [-0.3, -0.25) is 0 Å². The zero-order valence-electron chi connectivity index (χ0n) is 19.8. The summed E-state index contributed by atoms with van der Waals surface area (Å²) in [5.41, 5.74) is 3.83. The van der Waals surface area contributed by atoms with E-state index in [1.807, 2.05) is 14.1 Å². The van der Waals surface area contributed by atoms with Crippen LogP contribution in [-0.2, 0) is 17.6 Å². The zero-order chi connectivity index (χ0) is 24.1. The number of likely N-dealkylation sites (N-methyl/N-ethyl adjacent to an activating group) is 1. The average molecular weight is 507 g/mol. The molecule has 1 aliphatic carbocycles. The Morgan fingerprint density at radius 1 is 1.21 bits per heavy atom. The molecular weight excluding hydrogens is 475 g/mol.